The molecule has 1 aromatic carbocycles. The Bertz CT molecular complexity index is 384. The fourth-order valence-electron chi connectivity index (χ4n) is 1.49. The number of rotatable bonds is 3. The Labute approximate surface area is 88.8 Å². The minimum atomic E-state index is 0.681. The van der Waals surface area contributed by atoms with Gasteiger partial charge in [0.15, 0.2) is 0 Å². The summed E-state index contributed by atoms with van der Waals surface area (Å²) in [5, 5.41) is 3.75. The molecule has 0 saturated carbocycles. The van der Waals surface area contributed by atoms with Crippen LogP contribution in [0.15, 0.2) is 30.3 Å². The van der Waals surface area contributed by atoms with Crippen LogP contribution in [-0.4, -0.2) is 6.04 Å². The van der Waals surface area contributed by atoms with Crippen LogP contribution >= 0.6 is 11.3 Å². The Morgan fingerprint density at radius 2 is 2.07 bits per heavy atom. The molecule has 0 saturated heterocycles. The first-order valence-electron chi connectivity index (χ1n) is 5.06. The van der Waals surface area contributed by atoms with E-state index in [2.05, 4.69) is 49.5 Å². The van der Waals surface area contributed by atoms with Crippen molar-refractivity contribution in [1.29, 1.82) is 0 Å². The average Bonchev–Trinajstić information content (AvgIpc) is 2.57. The zero-order valence-electron chi connectivity index (χ0n) is 8.66. The van der Waals surface area contributed by atoms with Gasteiger partial charge in [0.2, 0.25) is 0 Å². The van der Waals surface area contributed by atoms with E-state index in [1.165, 1.54) is 15.0 Å². The second kappa shape index (κ2) is 4.11. The van der Waals surface area contributed by atoms with Crippen LogP contribution in [0.3, 0.4) is 0 Å². The molecule has 1 heterocycles. The lowest BCUT2D eigenvalue weighted by Crippen LogP contribution is -2.86. The smallest absolute Gasteiger partial charge is 0.111 e. The number of benzene rings is 1. The summed E-state index contributed by atoms with van der Waals surface area (Å²) in [6.07, 6.45) is 0. The lowest BCUT2D eigenvalue weighted by Gasteiger charge is -2.01. The van der Waals surface area contributed by atoms with E-state index in [-0.39, 0.29) is 0 Å². The summed E-state index contributed by atoms with van der Waals surface area (Å²) in [6.45, 7) is 5.57. The Morgan fingerprint density at radius 1 is 1.29 bits per heavy atom. The van der Waals surface area contributed by atoms with Gasteiger partial charge < -0.3 is 5.32 Å². The molecule has 74 valence electrons. The monoisotopic (exact) mass is 206 g/mol. The maximum absolute atomic E-state index is 2.37. The molecule has 0 radical (unpaired) electrons. The molecule has 0 aliphatic rings. The van der Waals surface area contributed by atoms with E-state index >= 15 is 0 Å². The molecule has 1 nitrogen and oxygen atoms in total. The normalized spacial score (nSPS) is 11.4. The van der Waals surface area contributed by atoms with Crippen molar-refractivity contribution in [3.63, 3.8) is 0 Å². The summed E-state index contributed by atoms with van der Waals surface area (Å²) in [7, 11) is 0. The highest BCUT2D eigenvalue weighted by atomic mass is 32.1. The summed E-state index contributed by atoms with van der Waals surface area (Å²) in [6, 6.07) is 11.6. The van der Waals surface area contributed by atoms with E-state index in [1.54, 1.807) is 0 Å². The van der Waals surface area contributed by atoms with Crippen molar-refractivity contribution in [3.8, 4) is 0 Å². The van der Waals surface area contributed by atoms with Gasteiger partial charge in [-0.2, -0.15) is 0 Å². The molecule has 0 aliphatic carbocycles. The average molecular weight is 206 g/mol. The van der Waals surface area contributed by atoms with Crippen LogP contribution in [0.5, 0.6) is 0 Å². The van der Waals surface area contributed by atoms with Crippen molar-refractivity contribution in [1.82, 2.24) is 0 Å². The number of fused-ring (bicyclic) bond motifs is 1. The van der Waals surface area contributed by atoms with Crippen LogP contribution in [0.1, 0.15) is 18.7 Å². The van der Waals surface area contributed by atoms with E-state index in [0.29, 0.717) is 6.04 Å². The van der Waals surface area contributed by atoms with Crippen LogP contribution in [-0.2, 0) is 6.54 Å². The van der Waals surface area contributed by atoms with Crippen molar-refractivity contribution >= 4 is 21.4 Å². The molecule has 0 aliphatic heterocycles. The molecule has 0 bridgehead atoms. The molecule has 2 N–H and O–H groups in total. The standard InChI is InChI=1S/C12H15NS/c1-9(2)13-8-11-7-10-5-3-4-6-12(10)14-11/h3-7,9,13H,8H2,1-2H3/p+1. The highest BCUT2D eigenvalue weighted by Crippen LogP contribution is 2.24. The lowest BCUT2D eigenvalue weighted by atomic mass is 10.2. The third kappa shape index (κ3) is 2.14. The van der Waals surface area contributed by atoms with Gasteiger partial charge in [0.05, 0.1) is 10.9 Å². The van der Waals surface area contributed by atoms with Crippen LogP contribution in [0.25, 0.3) is 10.1 Å². The minimum absolute atomic E-state index is 0.681. The summed E-state index contributed by atoms with van der Waals surface area (Å²) in [5.74, 6) is 0. The highest BCUT2D eigenvalue weighted by Gasteiger charge is 2.03. The minimum Gasteiger partial charge on any atom is -0.340 e. The van der Waals surface area contributed by atoms with Gasteiger partial charge >= 0.3 is 0 Å². The molecule has 14 heavy (non-hydrogen) atoms. The molecule has 2 aromatic rings. The Balaban J connectivity index is 2.19. The van der Waals surface area contributed by atoms with Gasteiger partial charge in [-0.3, -0.25) is 0 Å². The Morgan fingerprint density at radius 3 is 2.79 bits per heavy atom. The maximum Gasteiger partial charge on any atom is 0.111 e. The van der Waals surface area contributed by atoms with Crippen molar-refractivity contribution < 1.29 is 5.32 Å². The first-order chi connectivity index (χ1) is 6.75. The molecule has 0 amide bonds. The Hall–Kier alpha value is -0.860. The molecule has 2 rings (SSSR count). The predicted octanol–water partition coefficient (Wildman–Crippen LogP) is 2.37. The summed E-state index contributed by atoms with van der Waals surface area (Å²) in [4.78, 5) is 1.47. The van der Waals surface area contributed by atoms with E-state index in [4.69, 9.17) is 0 Å². The number of thiophene rings is 1. The largest absolute Gasteiger partial charge is 0.340 e. The fourth-order valence-corrected chi connectivity index (χ4v) is 2.53. The zero-order valence-corrected chi connectivity index (χ0v) is 9.47. The van der Waals surface area contributed by atoms with Crippen molar-refractivity contribution in [2.75, 3.05) is 0 Å². The van der Waals surface area contributed by atoms with Crippen LogP contribution in [0, 0.1) is 0 Å². The van der Waals surface area contributed by atoms with Crippen LogP contribution < -0.4 is 5.32 Å². The molecular weight excluding hydrogens is 190 g/mol. The van der Waals surface area contributed by atoms with E-state index in [0.717, 1.165) is 6.54 Å². The van der Waals surface area contributed by atoms with E-state index in [9.17, 15) is 0 Å². The SMILES string of the molecule is CC(C)[NH2+]Cc1cc2ccccc2s1. The van der Waals surface area contributed by atoms with Gasteiger partial charge in [0.25, 0.3) is 0 Å². The van der Waals surface area contributed by atoms with Gasteiger partial charge in [-0.05, 0) is 31.4 Å². The molecular formula is C12H16NS+. The van der Waals surface area contributed by atoms with Crippen molar-refractivity contribution in [2.24, 2.45) is 0 Å². The van der Waals surface area contributed by atoms with Gasteiger partial charge in [-0.15, -0.1) is 11.3 Å². The third-order valence-electron chi connectivity index (χ3n) is 2.27. The second-order valence-corrected chi connectivity index (χ2v) is 5.10. The van der Waals surface area contributed by atoms with Gasteiger partial charge in [-0.25, -0.2) is 0 Å². The zero-order chi connectivity index (χ0) is 9.97. The van der Waals surface area contributed by atoms with Crippen molar-refractivity contribution in [3.05, 3.63) is 35.2 Å². The third-order valence-corrected chi connectivity index (χ3v) is 3.41. The molecule has 0 atom stereocenters. The molecule has 0 spiro atoms. The molecule has 0 fully saturated rings. The van der Waals surface area contributed by atoms with Crippen LogP contribution in [0.4, 0.5) is 0 Å². The quantitative estimate of drug-likeness (QED) is 0.794. The molecule has 1 aromatic heterocycles. The maximum atomic E-state index is 2.37. The molecule has 0 unspecified atom stereocenters. The number of nitrogens with two attached hydrogens (primary N) is 1. The Kier molecular flexibility index (Phi) is 2.85. The van der Waals surface area contributed by atoms with E-state index in [1.807, 2.05) is 11.3 Å². The summed E-state index contributed by atoms with van der Waals surface area (Å²) >= 11 is 1.91. The first-order valence-corrected chi connectivity index (χ1v) is 5.88. The van der Waals surface area contributed by atoms with Gasteiger partial charge in [-0.1, -0.05) is 18.2 Å². The number of hydrogen-bond donors (Lipinski definition) is 1. The fraction of sp³-hybridized carbons (Fsp3) is 0.333. The van der Waals surface area contributed by atoms with E-state index < -0.39 is 0 Å². The topological polar surface area (TPSA) is 16.6 Å². The summed E-state index contributed by atoms with van der Waals surface area (Å²) < 4.78 is 1.40. The van der Waals surface area contributed by atoms with Gasteiger partial charge in [0.1, 0.15) is 6.54 Å². The molecule has 2 heteroatoms. The predicted molar refractivity (Wildman–Crippen MR) is 62.6 cm³/mol. The first kappa shape index (κ1) is 9.69. The summed E-state index contributed by atoms with van der Waals surface area (Å²) in [5.41, 5.74) is 0. The van der Waals surface area contributed by atoms with Crippen molar-refractivity contribution in [2.45, 2.75) is 26.4 Å². The van der Waals surface area contributed by atoms with Gasteiger partial charge in [0, 0.05) is 4.70 Å². The van der Waals surface area contributed by atoms with Crippen LogP contribution in [0.2, 0.25) is 0 Å². The number of quaternary nitrogens is 1. The highest BCUT2D eigenvalue weighted by molar-refractivity contribution is 7.19. The number of hydrogen-bond acceptors (Lipinski definition) is 1. The second-order valence-electron chi connectivity index (χ2n) is 3.93. The lowest BCUT2D eigenvalue weighted by molar-refractivity contribution is -0.697.